The average Bonchev–Trinajstić information content (AvgIpc) is 2.54. The van der Waals surface area contributed by atoms with Crippen molar-refractivity contribution in [1.29, 1.82) is 0 Å². The minimum Gasteiger partial charge on any atom is -0.387 e. The number of methoxy groups -OCH3 is 1. The highest BCUT2D eigenvalue weighted by Gasteiger charge is 2.38. The fourth-order valence-electron chi connectivity index (χ4n) is 3.63. The van der Waals surface area contributed by atoms with E-state index in [-0.39, 0.29) is 6.10 Å². The van der Waals surface area contributed by atoms with Gasteiger partial charge in [-0.25, -0.2) is 0 Å². The Balaban J connectivity index is 1.67. The number of aliphatic hydroxyl groups excluding tert-OH is 1. The summed E-state index contributed by atoms with van der Waals surface area (Å²) in [7, 11) is 1.78. The third-order valence-corrected chi connectivity index (χ3v) is 5.10. The smallest absolute Gasteiger partial charge is 0.0917 e. The van der Waals surface area contributed by atoms with Crippen molar-refractivity contribution in [2.45, 2.75) is 43.6 Å². The summed E-state index contributed by atoms with van der Waals surface area (Å²) in [6, 6.07) is 7.80. The summed E-state index contributed by atoms with van der Waals surface area (Å²) in [6.07, 6.45) is 3.11. The lowest BCUT2D eigenvalue weighted by Crippen LogP contribution is -2.55. The maximum absolute atomic E-state index is 10.5. The highest BCUT2D eigenvalue weighted by atomic mass is 35.5. The topological polar surface area (TPSA) is 41.9 Å². The second-order valence-corrected chi connectivity index (χ2v) is 6.65. The van der Waals surface area contributed by atoms with Gasteiger partial charge in [-0.3, -0.25) is 4.90 Å². The molecule has 4 nitrogen and oxygen atoms in total. The molecule has 1 saturated heterocycles. The molecule has 0 spiro atoms. The Bertz CT molecular complexity index is 499. The number of halogens is 1. The quantitative estimate of drug-likeness (QED) is 0.924. The van der Waals surface area contributed by atoms with Gasteiger partial charge in [0.2, 0.25) is 0 Å². The first-order valence-electron chi connectivity index (χ1n) is 7.99. The largest absolute Gasteiger partial charge is 0.387 e. The summed E-state index contributed by atoms with van der Waals surface area (Å²) >= 11 is 6.02. The van der Waals surface area contributed by atoms with Gasteiger partial charge in [0.05, 0.1) is 24.9 Å². The molecule has 0 aromatic heterocycles. The van der Waals surface area contributed by atoms with E-state index in [1.54, 1.807) is 7.11 Å². The zero-order valence-electron chi connectivity index (χ0n) is 13.0. The normalized spacial score (nSPS) is 30.8. The molecular formula is C17H24ClNO3. The lowest BCUT2D eigenvalue weighted by atomic mass is 9.87. The van der Waals surface area contributed by atoms with E-state index in [9.17, 15) is 5.11 Å². The first-order valence-corrected chi connectivity index (χ1v) is 8.37. The van der Waals surface area contributed by atoms with Gasteiger partial charge in [0, 0.05) is 31.3 Å². The van der Waals surface area contributed by atoms with Gasteiger partial charge in [-0.15, -0.1) is 0 Å². The number of hydrogen-bond donors (Lipinski definition) is 1. The standard InChI is InChI=1S/C17H24ClNO3/c1-21-14-5-6-17-15(10-14)19(7-8-22-17)11-16(20)12-3-2-4-13(18)9-12/h2-4,9,14-17,20H,5-8,10-11H2,1H3/t14-,15+,16-,17+/m1/s1. The van der Waals surface area contributed by atoms with Gasteiger partial charge in [0.25, 0.3) is 0 Å². The molecule has 1 heterocycles. The van der Waals surface area contributed by atoms with Crippen LogP contribution in [0.3, 0.4) is 0 Å². The Labute approximate surface area is 137 Å². The molecule has 3 rings (SSSR count). The van der Waals surface area contributed by atoms with Crippen molar-refractivity contribution in [2.75, 3.05) is 26.8 Å². The summed E-state index contributed by atoms with van der Waals surface area (Å²) in [5, 5.41) is 11.2. The molecule has 1 aromatic rings. The van der Waals surface area contributed by atoms with Gasteiger partial charge in [-0.2, -0.15) is 0 Å². The van der Waals surface area contributed by atoms with Crippen molar-refractivity contribution in [3.8, 4) is 0 Å². The van der Waals surface area contributed by atoms with E-state index in [1.807, 2.05) is 24.3 Å². The van der Waals surface area contributed by atoms with Gasteiger partial charge in [-0.1, -0.05) is 23.7 Å². The van der Waals surface area contributed by atoms with Crippen LogP contribution in [0, 0.1) is 0 Å². The SMILES string of the molecule is CO[C@@H]1CC[C@@H]2OCCN(C[C@@H](O)c3cccc(Cl)c3)[C@H]2C1. The van der Waals surface area contributed by atoms with Crippen LogP contribution < -0.4 is 0 Å². The summed E-state index contributed by atoms with van der Waals surface area (Å²) in [5.41, 5.74) is 0.870. The second-order valence-electron chi connectivity index (χ2n) is 6.21. The molecule has 22 heavy (non-hydrogen) atoms. The summed E-state index contributed by atoms with van der Waals surface area (Å²) in [5.74, 6) is 0. The molecule has 1 aliphatic carbocycles. The molecule has 5 heteroatoms. The molecule has 0 bridgehead atoms. The van der Waals surface area contributed by atoms with Crippen LogP contribution in [0.25, 0.3) is 0 Å². The predicted molar refractivity (Wildman–Crippen MR) is 86.2 cm³/mol. The van der Waals surface area contributed by atoms with Crippen LogP contribution in [0.15, 0.2) is 24.3 Å². The first-order chi connectivity index (χ1) is 10.7. The number of β-amino-alcohol motifs (C(OH)–C–C–N with tert-alkyl or cyclic N) is 1. The van der Waals surface area contributed by atoms with Crippen LogP contribution >= 0.6 is 11.6 Å². The third-order valence-electron chi connectivity index (χ3n) is 4.86. The molecule has 0 amide bonds. The minimum atomic E-state index is -0.527. The summed E-state index contributed by atoms with van der Waals surface area (Å²) < 4.78 is 11.4. The van der Waals surface area contributed by atoms with E-state index in [0.717, 1.165) is 38.0 Å². The van der Waals surface area contributed by atoms with Gasteiger partial charge in [-0.05, 0) is 37.0 Å². The number of morpholine rings is 1. The lowest BCUT2D eigenvalue weighted by molar-refractivity contribution is -0.120. The van der Waals surface area contributed by atoms with Crippen LogP contribution in [0.4, 0.5) is 0 Å². The van der Waals surface area contributed by atoms with E-state index in [1.165, 1.54) is 0 Å². The van der Waals surface area contributed by atoms with Crippen molar-refractivity contribution in [1.82, 2.24) is 4.90 Å². The summed E-state index contributed by atoms with van der Waals surface area (Å²) in [4.78, 5) is 2.35. The zero-order chi connectivity index (χ0) is 15.5. The van der Waals surface area contributed by atoms with Crippen molar-refractivity contribution >= 4 is 11.6 Å². The first kappa shape index (κ1) is 16.2. The fraction of sp³-hybridized carbons (Fsp3) is 0.647. The van der Waals surface area contributed by atoms with Gasteiger partial charge < -0.3 is 14.6 Å². The van der Waals surface area contributed by atoms with E-state index < -0.39 is 6.10 Å². The van der Waals surface area contributed by atoms with E-state index >= 15 is 0 Å². The zero-order valence-corrected chi connectivity index (χ0v) is 13.7. The second kappa shape index (κ2) is 7.28. The number of aliphatic hydroxyl groups is 1. The molecule has 1 aromatic carbocycles. The Morgan fingerprint density at radius 2 is 2.32 bits per heavy atom. The highest BCUT2D eigenvalue weighted by Crippen LogP contribution is 2.31. The number of ether oxygens (including phenoxy) is 2. The number of fused-ring (bicyclic) bond motifs is 1. The maximum Gasteiger partial charge on any atom is 0.0917 e. The van der Waals surface area contributed by atoms with Gasteiger partial charge in [0.1, 0.15) is 0 Å². The molecule has 1 N–H and O–H groups in total. The van der Waals surface area contributed by atoms with Crippen LogP contribution in [-0.2, 0) is 9.47 Å². The molecular weight excluding hydrogens is 302 g/mol. The van der Waals surface area contributed by atoms with E-state index in [2.05, 4.69) is 4.90 Å². The maximum atomic E-state index is 10.5. The van der Waals surface area contributed by atoms with Crippen molar-refractivity contribution in [3.05, 3.63) is 34.9 Å². The van der Waals surface area contributed by atoms with E-state index in [0.29, 0.717) is 23.7 Å². The van der Waals surface area contributed by atoms with Crippen LogP contribution in [0.2, 0.25) is 5.02 Å². The Hall–Kier alpha value is -0.650. The fourth-order valence-corrected chi connectivity index (χ4v) is 3.83. The highest BCUT2D eigenvalue weighted by molar-refractivity contribution is 6.30. The molecule has 0 unspecified atom stereocenters. The average molecular weight is 326 g/mol. The monoisotopic (exact) mass is 325 g/mol. The van der Waals surface area contributed by atoms with Gasteiger partial charge in [0.15, 0.2) is 0 Å². The molecule has 1 aliphatic heterocycles. The van der Waals surface area contributed by atoms with Crippen LogP contribution in [0.1, 0.15) is 30.9 Å². The van der Waals surface area contributed by atoms with Gasteiger partial charge >= 0.3 is 0 Å². The molecule has 1 saturated carbocycles. The Morgan fingerprint density at radius 1 is 1.45 bits per heavy atom. The van der Waals surface area contributed by atoms with Crippen molar-refractivity contribution in [2.24, 2.45) is 0 Å². The number of benzene rings is 1. The molecule has 122 valence electrons. The van der Waals surface area contributed by atoms with Crippen LogP contribution in [0.5, 0.6) is 0 Å². The Morgan fingerprint density at radius 3 is 3.09 bits per heavy atom. The number of hydrogen-bond acceptors (Lipinski definition) is 4. The predicted octanol–water partition coefficient (Wildman–Crippen LogP) is 2.64. The van der Waals surface area contributed by atoms with Crippen LogP contribution in [-0.4, -0.2) is 55.1 Å². The van der Waals surface area contributed by atoms with Crippen molar-refractivity contribution in [3.63, 3.8) is 0 Å². The molecule has 2 fully saturated rings. The Kier molecular flexibility index (Phi) is 5.37. The number of rotatable bonds is 4. The van der Waals surface area contributed by atoms with E-state index in [4.69, 9.17) is 21.1 Å². The lowest BCUT2D eigenvalue weighted by Gasteiger charge is -2.46. The minimum absolute atomic E-state index is 0.270. The van der Waals surface area contributed by atoms with Crippen molar-refractivity contribution < 1.29 is 14.6 Å². The molecule has 2 aliphatic rings. The number of nitrogens with zero attached hydrogens (tertiary/aromatic N) is 1. The molecule has 0 radical (unpaired) electrons. The summed E-state index contributed by atoms with van der Waals surface area (Å²) in [6.45, 7) is 2.21. The third kappa shape index (κ3) is 3.63. The molecule has 4 atom stereocenters.